The van der Waals surface area contributed by atoms with Gasteiger partial charge in [-0.05, 0) is 56.2 Å². The molecule has 3 aromatic rings. The van der Waals surface area contributed by atoms with Crippen molar-refractivity contribution in [1.29, 1.82) is 0 Å². The maximum atomic E-state index is 12.5. The second-order valence-corrected chi connectivity index (χ2v) is 8.28. The van der Waals surface area contributed by atoms with E-state index in [0.29, 0.717) is 18.4 Å². The topological polar surface area (TPSA) is 56.1 Å². The van der Waals surface area contributed by atoms with Gasteiger partial charge in [0.05, 0.1) is 23.4 Å². The molecule has 1 amide bonds. The number of nitrogens with zero attached hydrogens (tertiary/aromatic N) is 2. The number of thioether (sulfide) groups is 1. The molecule has 1 aromatic heterocycles. The lowest BCUT2D eigenvalue weighted by atomic mass is 9.95. The van der Waals surface area contributed by atoms with Crippen molar-refractivity contribution in [3.05, 3.63) is 48.5 Å². The average molecular weight is 410 g/mol. The molecular formula is C23H27N3O2S. The zero-order valence-electron chi connectivity index (χ0n) is 16.8. The number of fused-ring (bicyclic) bond motifs is 1. The van der Waals surface area contributed by atoms with E-state index in [9.17, 15) is 4.79 Å². The number of benzene rings is 2. The van der Waals surface area contributed by atoms with Crippen molar-refractivity contribution >= 4 is 28.7 Å². The van der Waals surface area contributed by atoms with Gasteiger partial charge in [-0.15, -0.1) is 0 Å². The fourth-order valence-electron chi connectivity index (χ4n) is 3.85. The van der Waals surface area contributed by atoms with Gasteiger partial charge in [0.25, 0.3) is 0 Å². The Balaban J connectivity index is 1.54. The smallest absolute Gasteiger partial charge is 0.230 e. The predicted molar refractivity (Wildman–Crippen MR) is 118 cm³/mol. The van der Waals surface area contributed by atoms with Gasteiger partial charge in [0.15, 0.2) is 5.16 Å². The summed E-state index contributed by atoms with van der Waals surface area (Å²) in [6, 6.07) is 16.4. The molecule has 0 spiro atoms. The van der Waals surface area contributed by atoms with Gasteiger partial charge in [0.2, 0.25) is 5.91 Å². The Morgan fingerprint density at radius 1 is 1.14 bits per heavy atom. The summed E-state index contributed by atoms with van der Waals surface area (Å²) in [4.78, 5) is 17.3. The third-order valence-corrected chi connectivity index (χ3v) is 6.18. The van der Waals surface area contributed by atoms with Crippen molar-refractivity contribution in [1.82, 2.24) is 14.9 Å². The number of hydrogen-bond acceptors (Lipinski definition) is 4. The van der Waals surface area contributed by atoms with E-state index in [0.717, 1.165) is 40.5 Å². The molecule has 0 radical (unpaired) electrons. The van der Waals surface area contributed by atoms with Gasteiger partial charge in [-0.25, -0.2) is 4.98 Å². The SMILES string of the molecule is CCOc1ccc(-n2c(SCC(=O)NC3CCCCC3)nc3ccccc32)cc1. The summed E-state index contributed by atoms with van der Waals surface area (Å²) in [6.45, 7) is 2.62. The summed E-state index contributed by atoms with van der Waals surface area (Å²) in [6.07, 6.45) is 5.91. The Labute approximate surface area is 175 Å². The lowest BCUT2D eigenvalue weighted by molar-refractivity contribution is -0.119. The second-order valence-electron chi connectivity index (χ2n) is 7.34. The van der Waals surface area contributed by atoms with Crippen LogP contribution in [0.1, 0.15) is 39.0 Å². The largest absolute Gasteiger partial charge is 0.494 e. The minimum absolute atomic E-state index is 0.0900. The third kappa shape index (κ3) is 4.75. The molecule has 1 aliphatic rings. The van der Waals surface area contributed by atoms with E-state index >= 15 is 0 Å². The number of aromatic nitrogens is 2. The lowest BCUT2D eigenvalue weighted by Gasteiger charge is -2.22. The minimum atomic E-state index is 0.0900. The lowest BCUT2D eigenvalue weighted by Crippen LogP contribution is -2.37. The van der Waals surface area contributed by atoms with Crippen molar-refractivity contribution in [3.63, 3.8) is 0 Å². The van der Waals surface area contributed by atoms with E-state index < -0.39 is 0 Å². The summed E-state index contributed by atoms with van der Waals surface area (Å²) in [5, 5.41) is 4.02. The standard InChI is InChI=1S/C23H27N3O2S/c1-2-28-19-14-12-18(13-15-19)26-21-11-7-6-10-20(21)25-23(26)29-16-22(27)24-17-8-4-3-5-9-17/h6-7,10-15,17H,2-5,8-9,16H2,1H3,(H,24,27). The number of rotatable bonds is 7. The number of amides is 1. The molecule has 29 heavy (non-hydrogen) atoms. The molecule has 5 nitrogen and oxygen atoms in total. The van der Waals surface area contributed by atoms with Crippen LogP contribution in [0.3, 0.4) is 0 Å². The number of carbonyl (C=O) groups excluding carboxylic acids is 1. The molecule has 2 aromatic carbocycles. The number of nitrogens with one attached hydrogen (secondary N) is 1. The van der Waals surface area contributed by atoms with E-state index in [2.05, 4.69) is 16.0 Å². The highest BCUT2D eigenvalue weighted by Gasteiger charge is 2.18. The first kappa shape index (κ1) is 19.8. The number of ether oxygens (including phenoxy) is 1. The van der Waals surface area contributed by atoms with Gasteiger partial charge in [0.1, 0.15) is 5.75 Å². The van der Waals surface area contributed by atoms with E-state index in [1.807, 2.05) is 49.4 Å². The summed E-state index contributed by atoms with van der Waals surface area (Å²) in [7, 11) is 0. The van der Waals surface area contributed by atoms with Crippen LogP contribution in [-0.4, -0.2) is 33.9 Å². The highest BCUT2D eigenvalue weighted by atomic mass is 32.2. The van der Waals surface area contributed by atoms with Crippen molar-refractivity contribution in [2.75, 3.05) is 12.4 Å². The molecular weight excluding hydrogens is 382 g/mol. The Kier molecular flexibility index (Phi) is 6.39. The van der Waals surface area contributed by atoms with Gasteiger partial charge in [-0.2, -0.15) is 0 Å². The first-order valence-electron chi connectivity index (χ1n) is 10.4. The minimum Gasteiger partial charge on any atom is -0.494 e. The molecule has 6 heteroatoms. The van der Waals surface area contributed by atoms with Gasteiger partial charge < -0.3 is 10.1 Å². The van der Waals surface area contributed by atoms with E-state index in [1.54, 1.807) is 0 Å². The number of imidazole rings is 1. The average Bonchev–Trinajstić information content (AvgIpc) is 3.12. The van der Waals surface area contributed by atoms with Crippen LogP contribution in [0.5, 0.6) is 5.75 Å². The van der Waals surface area contributed by atoms with Crippen molar-refractivity contribution in [3.8, 4) is 11.4 Å². The quantitative estimate of drug-likeness (QED) is 0.560. The van der Waals surface area contributed by atoms with Crippen LogP contribution in [0, 0.1) is 0 Å². The summed E-state index contributed by atoms with van der Waals surface area (Å²) >= 11 is 1.49. The van der Waals surface area contributed by atoms with Crippen LogP contribution in [-0.2, 0) is 4.79 Å². The maximum absolute atomic E-state index is 12.5. The Morgan fingerprint density at radius 2 is 1.90 bits per heavy atom. The van der Waals surface area contributed by atoms with Gasteiger partial charge >= 0.3 is 0 Å². The molecule has 1 fully saturated rings. The fraction of sp³-hybridized carbons (Fsp3) is 0.391. The first-order valence-corrected chi connectivity index (χ1v) is 11.4. The van der Waals surface area contributed by atoms with Gasteiger partial charge in [0, 0.05) is 11.7 Å². The van der Waals surface area contributed by atoms with Gasteiger partial charge in [-0.3, -0.25) is 9.36 Å². The molecule has 1 aliphatic carbocycles. The molecule has 0 atom stereocenters. The fourth-order valence-corrected chi connectivity index (χ4v) is 4.69. The first-order chi connectivity index (χ1) is 14.2. The molecule has 0 bridgehead atoms. The Bertz CT molecular complexity index is 962. The van der Waals surface area contributed by atoms with Crippen LogP contribution in [0.4, 0.5) is 0 Å². The van der Waals surface area contributed by atoms with Crippen LogP contribution in [0.15, 0.2) is 53.7 Å². The monoisotopic (exact) mass is 409 g/mol. The highest BCUT2D eigenvalue weighted by Crippen LogP contribution is 2.29. The van der Waals surface area contributed by atoms with Crippen molar-refractivity contribution in [2.24, 2.45) is 0 Å². The number of hydrogen-bond donors (Lipinski definition) is 1. The zero-order valence-corrected chi connectivity index (χ0v) is 17.6. The predicted octanol–water partition coefficient (Wildman–Crippen LogP) is 4.97. The second kappa shape index (κ2) is 9.35. The molecule has 0 saturated heterocycles. The van der Waals surface area contributed by atoms with E-state index in [-0.39, 0.29) is 5.91 Å². The Hall–Kier alpha value is -2.47. The molecule has 152 valence electrons. The Morgan fingerprint density at radius 3 is 2.66 bits per heavy atom. The van der Waals surface area contributed by atoms with Crippen LogP contribution >= 0.6 is 11.8 Å². The van der Waals surface area contributed by atoms with Crippen LogP contribution < -0.4 is 10.1 Å². The normalized spacial score (nSPS) is 14.8. The van der Waals surface area contributed by atoms with Crippen molar-refractivity contribution in [2.45, 2.75) is 50.2 Å². The van der Waals surface area contributed by atoms with Crippen molar-refractivity contribution < 1.29 is 9.53 Å². The summed E-state index contributed by atoms with van der Waals surface area (Å²) in [5.41, 5.74) is 2.97. The molecule has 1 N–H and O–H groups in total. The zero-order chi connectivity index (χ0) is 20.1. The van der Waals surface area contributed by atoms with Crippen LogP contribution in [0.25, 0.3) is 16.7 Å². The third-order valence-electron chi connectivity index (χ3n) is 5.24. The molecule has 1 saturated carbocycles. The molecule has 4 rings (SSSR count). The number of carbonyl (C=O) groups is 1. The molecule has 0 unspecified atom stereocenters. The number of para-hydroxylation sites is 2. The van der Waals surface area contributed by atoms with E-state index in [4.69, 9.17) is 9.72 Å². The summed E-state index contributed by atoms with van der Waals surface area (Å²) in [5.74, 6) is 1.31. The highest BCUT2D eigenvalue weighted by molar-refractivity contribution is 7.99. The van der Waals surface area contributed by atoms with Crippen LogP contribution in [0.2, 0.25) is 0 Å². The maximum Gasteiger partial charge on any atom is 0.230 e. The van der Waals surface area contributed by atoms with Gasteiger partial charge in [-0.1, -0.05) is 43.2 Å². The summed E-state index contributed by atoms with van der Waals surface area (Å²) < 4.78 is 7.68. The molecule has 1 heterocycles. The van der Waals surface area contributed by atoms with E-state index in [1.165, 1.54) is 31.0 Å². The molecule has 0 aliphatic heterocycles.